The van der Waals surface area contributed by atoms with Crippen molar-refractivity contribution in [2.24, 2.45) is 0 Å². The smallest absolute Gasteiger partial charge is 0.417 e. The molecule has 0 saturated carbocycles. The van der Waals surface area contributed by atoms with E-state index in [4.69, 9.17) is 16.3 Å². The van der Waals surface area contributed by atoms with Gasteiger partial charge in [0.15, 0.2) is 12.4 Å². The molecule has 1 aromatic carbocycles. The number of carbonyl (C=O) groups excluding carboxylic acids is 2. The molecule has 150 valence electrons. The van der Waals surface area contributed by atoms with Gasteiger partial charge in [0.25, 0.3) is 5.91 Å². The van der Waals surface area contributed by atoms with Crippen molar-refractivity contribution in [3.8, 4) is 5.75 Å². The van der Waals surface area contributed by atoms with Crippen LogP contribution in [0.15, 0.2) is 41.6 Å². The number of nitrogens with zero attached hydrogens (tertiary/aromatic N) is 1. The molecule has 0 spiro atoms. The number of Topliss-reactive ketones (excluding diaryl/α,β-unsaturated/α-hetero) is 1. The van der Waals surface area contributed by atoms with Gasteiger partial charge < -0.3 is 10.1 Å². The number of hydrogen-bond donors (Lipinski definition) is 1. The number of thioether (sulfide) groups is 1. The average Bonchev–Trinajstić information content (AvgIpc) is 2.64. The molecule has 28 heavy (non-hydrogen) atoms. The lowest BCUT2D eigenvalue weighted by Crippen LogP contribution is -2.30. The second-order valence-electron chi connectivity index (χ2n) is 5.58. The van der Waals surface area contributed by atoms with Gasteiger partial charge in [-0.1, -0.05) is 23.7 Å². The highest BCUT2D eigenvalue weighted by atomic mass is 35.5. The SMILES string of the molecule is CC(=O)c1cccc(OCC(=O)NCCSc2ncc(C(F)(F)F)cc2Cl)c1. The van der Waals surface area contributed by atoms with Crippen LogP contribution in [0.25, 0.3) is 0 Å². The van der Waals surface area contributed by atoms with E-state index >= 15 is 0 Å². The summed E-state index contributed by atoms with van der Waals surface area (Å²) in [5.41, 5.74) is -0.434. The Bertz CT molecular complexity index is 862. The van der Waals surface area contributed by atoms with Crippen LogP contribution in [-0.4, -0.2) is 35.6 Å². The van der Waals surface area contributed by atoms with Crippen LogP contribution in [0, 0.1) is 0 Å². The first-order valence-corrected chi connectivity index (χ1v) is 9.39. The van der Waals surface area contributed by atoms with E-state index in [0.29, 0.717) is 17.1 Å². The Labute approximate surface area is 168 Å². The summed E-state index contributed by atoms with van der Waals surface area (Å²) >= 11 is 6.94. The molecule has 0 saturated heterocycles. The highest BCUT2D eigenvalue weighted by Crippen LogP contribution is 2.33. The van der Waals surface area contributed by atoms with Gasteiger partial charge in [-0.2, -0.15) is 13.2 Å². The van der Waals surface area contributed by atoms with E-state index in [9.17, 15) is 22.8 Å². The molecule has 1 aromatic heterocycles. The van der Waals surface area contributed by atoms with Gasteiger partial charge in [0.1, 0.15) is 10.8 Å². The van der Waals surface area contributed by atoms with E-state index in [2.05, 4.69) is 10.3 Å². The molecule has 1 amide bonds. The Hall–Kier alpha value is -2.26. The topological polar surface area (TPSA) is 68.3 Å². The van der Waals surface area contributed by atoms with Gasteiger partial charge in [0.05, 0.1) is 10.6 Å². The van der Waals surface area contributed by atoms with E-state index in [1.807, 2.05) is 0 Å². The predicted octanol–water partition coefficient (Wildman–Crippen LogP) is 4.24. The zero-order chi connectivity index (χ0) is 20.7. The first kappa shape index (κ1) is 22.0. The Kier molecular flexibility index (Phi) is 7.70. The maximum Gasteiger partial charge on any atom is 0.417 e. The number of ether oxygens (including phenoxy) is 1. The van der Waals surface area contributed by atoms with Crippen molar-refractivity contribution >= 4 is 35.1 Å². The summed E-state index contributed by atoms with van der Waals surface area (Å²) in [4.78, 5) is 26.8. The van der Waals surface area contributed by atoms with E-state index < -0.39 is 11.7 Å². The van der Waals surface area contributed by atoms with Crippen molar-refractivity contribution in [2.45, 2.75) is 18.1 Å². The maximum absolute atomic E-state index is 12.6. The minimum Gasteiger partial charge on any atom is -0.484 e. The summed E-state index contributed by atoms with van der Waals surface area (Å²) < 4.78 is 43.0. The van der Waals surface area contributed by atoms with Crippen LogP contribution in [-0.2, 0) is 11.0 Å². The van der Waals surface area contributed by atoms with Gasteiger partial charge in [-0.3, -0.25) is 9.59 Å². The predicted molar refractivity (Wildman–Crippen MR) is 99.9 cm³/mol. The van der Waals surface area contributed by atoms with Crippen LogP contribution in [0.3, 0.4) is 0 Å². The van der Waals surface area contributed by atoms with E-state index in [1.54, 1.807) is 24.3 Å². The number of nitrogens with one attached hydrogen (secondary N) is 1. The van der Waals surface area contributed by atoms with Crippen LogP contribution in [0.4, 0.5) is 13.2 Å². The molecule has 2 rings (SSSR count). The standard InChI is InChI=1S/C18H16ClF3N2O3S/c1-11(25)12-3-2-4-14(7-12)27-10-16(26)23-5-6-28-17-15(19)8-13(9-24-17)18(20,21)22/h2-4,7-9H,5-6,10H2,1H3,(H,23,26). The van der Waals surface area contributed by atoms with Crippen LogP contribution in [0.1, 0.15) is 22.8 Å². The number of pyridine rings is 1. The third kappa shape index (κ3) is 6.72. The highest BCUT2D eigenvalue weighted by molar-refractivity contribution is 7.99. The Morgan fingerprint density at radius 3 is 2.68 bits per heavy atom. The van der Waals surface area contributed by atoms with Crippen LogP contribution in [0.5, 0.6) is 5.75 Å². The number of halogens is 4. The molecule has 0 aliphatic rings. The number of benzene rings is 1. The van der Waals surface area contributed by atoms with Gasteiger partial charge >= 0.3 is 6.18 Å². The molecule has 0 fully saturated rings. The summed E-state index contributed by atoms with van der Waals surface area (Å²) in [5.74, 6) is 0.282. The highest BCUT2D eigenvalue weighted by Gasteiger charge is 2.31. The fraction of sp³-hybridized carbons (Fsp3) is 0.278. The van der Waals surface area contributed by atoms with E-state index in [-0.39, 0.29) is 34.9 Å². The molecule has 0 aliphatic carbocycles. The molecule has 1 heterocycles. The maximum atomic E-state index is 12.6. The van der Waals surface area contributed by atoms with Crippen LogP contribution < -0.4 is 10.1 Å². The van der Waals surface area contributed by atoms with Gasteiger partial charge in [-0.15, -0.1) is 11.8 Å². The third-order valence-corrected chi connectivity index (χ3v) is 4.82. The van der Waals surface area contributed by atoms with E-state index in [0.717, 1.165) is 24.0 Å². The van der Waals surface area contributed by atoms with Crippen LogP contribution >= 0.6 is 23.4 Å². The fourth-order valence-corrected chi connectivity index (χ4v) is 3.08. The third-order valence-electron chi connectivity index (χ3n) is 3.41. The normalized spacial score (nSPS) is 11.2. The lowest BCUT2D eigenvalue weighted by Gasteiger charge is -2.10. The minimum absolute atomic E-state index is 0.0974. The minimum atomic E-state index is -4.50. The number of carbonyl (C=O) groups is 2. The molecule has 1 N–H and O–H groups in total. The number of hydrogen-bond acceptors (Lipinski definition) is 5. The molecular weight excluding hydrogens is 417 g/mol. The second-order valence-corrected chi connectivity index (χ2v) is 7.07. The Morgan fingerprint density at radius 2 is 2.04 bits per heavy atom. The molecule has 0 unspecified atom stereocenters. The van der Waals surface area contributed by atoms with Crippen LogP contribution in [0.2, 0.25) is 5.02 Å². The lowest BCUT2D eigenvalue weighted by molar-refractivity contribution is -0.137. The quantitative estimate of drug-likeness (QED) is 0.384. The largest absolute Gasteiger partial charge is 0.484 e. The number of aromatic nitrogens is 1. The Morgan fingerprint density at radius 1 is 1.29 bits per heavy atom. The van der Waals surface area contributed by atoms with Gasteiger partial charge in [0.2, 0.25) is 0 Å². The summed E-state index contributed by atoms with van der Waals surface area (Å²) in [7, 11) is 0. The van der Waals surface area contributed by atoms with Gasteiger partial charge in [-0.25, -0.2) is 4.98 Å². The Balaban J connectivity index is 1.74. The van der Waals surface area contributed by atoms with Gasteiger partial charge in [0, 0.05) is 24.1 Å². The fourth-order valence-electron chi connectivity index (χ4n) is 2.03. The van der Waals surface area contributed by atoms with Gasteiger partial charge in [-0.05, 0) is 25.1 Å². The van der Waals surface area contributed by atoms with Crippen molar-refractivity contribution in [1.29, 1.82) is 0 Å². The molecule has 0 radical (unpaired) electrons. The number of amides is 1. The number of ketones is 1. The monoisotopic (exact) mass is 432 g/mol. The first-order valence-electron chi connectivity index (χ1n) is 8.03. The average molecular weight is 433 g/mol. The zero-order valence-corrected chi connectivity index (χ0v) is 16.2. The zero-order valence-electron chi connectivity index (χ0n) is 14.7. The molecule has 0 bridgehead atoms. The van der Waals surface area contributed by atoms with Crippen molar-refractivity contribution in [3.63, 3.8) is 0 Å². The molecule has 2 aromatic rings. The number of alkyl halides is 3. The lowest BCUT2D eigenvalue weighted by atomic mass is 10.1. The molecule has 0 atom stereocenters. The van der Waals surface area contributed by atoms with Crippen molar-refractivity contribution < 1.29 is 27.5 Å². The summed E-state index contributed by atoms with van der Waals surface area (Å²) in [6.07, 6.45) is -3.78. The molecule has 5 nitrogen and oxygen atoms in total. The van der Waals surface area contributed by atoms with Crippen molar-refractivity contribution in [2.75, 3.05) is 18.9 Å². The summed E-state index contributed by atoms with van der Waals surface area (Å²) in [5, 5.41) is 2.77. The molecular formula is C18H16ClF3N2O3S. The first-order chi connectivity index (χ1) is 13.2. The number of rotatable bonds is 8. The summed E-state index contributed by atoms with van der Waals surface area (Å²) in [6, 6.07) is 7.30. The van der Waals surface area contributed by atoms with E-state index in [1.165, 1.54) is 6.92 Å². The molecule has 0 aliphatic heterocycles. The second kappa shape index (κ2) is 9.79. The van der Waals surface area contributed by atoms with Crippen molar-refractivity contribution in [1.82, 2.24) is 10.3 Å². The molecule has 10 heteroatoms. The summed E-state index contributed by atoms with van der Waals surface area (Å²) in [6.45, 7) is 1.45. The van der Waals surface area contributed by atoms with Crippen molar-refractivity contribution in [3.05, 3.63) is 52.7 Å².